The van der Waals surface area contributed by atoms with Crippen molar-refractivity contribution in [3.05, 3.63) is 28.7 Å². The van der Waals surface area contributed by atoms with Gasteiger partial charge in [-0.3, -0.25) is 28.9 Å². The van der Waals surface area contributed by atoms with Crippen LogP contribution in [-0.2, 0) is 16.6 Å². The van der Waals surface area contributed by atoms with Crippen molar-refractivity contribution in [1.82, 2.24) is 24.7 Å². The van der Waals surface area contributed by atoms with E-state index in [4.69, 9.17) is 0 Å². The lowest BCUT2D eigenvalue weighted by molar-refractivity contribution is -0.135. The molecule has 1 aromatic carbocycles. The molecular weight excluding hydrogens is 372 g/mol. The second kappa shape index (κ2) is 7.00. The molecule has 5 rings (SSSR count). The summed E-state index contributed by atoms with van der Waals surface area (Å²) >= 11 is 0. The van der Waals surface area contributed by atoms with Crippen LogP contribution in [0.25, 0.3) is 11.0 Å². The SMILES string of the molecule is Cn1c(=O)n([C@@H]2CCC(=O)NC2=O)c2cccc(N3CC(N4CCNCC4)C3)c21. The van der Waals surface area contributed by atoms with Crippen molar-refractivity contribution >= 4 is 28.5 Å². The van der Waals surface area contributed by atoms with Gasteiger partial charge in [0.2, 0.25) is 11.8 Å². The highest BCUT2D eigenvalue weighted by Gasteiger charge is 2.35. The van der Waals surface area contributed by atoms with Gasteiger partial charge in [0.15, 0.2) is 0 Å². The van der Waals surface area contributed by atoms with Gasteiger partial charge in [0.1, 0.15) is 6.04 Å². The Morgan fingerprint density at radius 3 is 2.55 bits per heavy atom. The van der Waals surface area contributed by atoms with E-state index in [1.54, 1.807) is 16.2 Å². The number of aryl methyl sites for hydroxylation is 1. The van der Waals surface area contributed by atoms with Gasteiger partial charge in [0.05, 0.1) is 16.7 Å². The van der Waals surface area contributed by atoms with Gasteiger partial charge in [-0.2, -0.15) is 0 Å². The number of aromatic nitrogens is 2. The Balaban J connectivity index is 1.47. The number of piperazine rings is 1. The molecule has 1 atom stereocenters. The number of hydrogen-bond donors (Lipinski definition) is 2. The van der Waals surface area contributed by atoms with Crippen LogP contribution < -0.4 is 21.2 Å². The maximum absolute atomic E-state index is 13.0. The number of para-hydroxylation sites is 1. The number of carbonyl (C=O) groups is 2. The van der Waals surface area contributed by atoms with E-state index in [-0.39, 0.29) is 18.0 Å². The number of nitrogens with one attached hydrogen (secondary N) is 2. The Morgan fingerprint density at radius 2 is 1.83 bits per heavy atom. The molecule has 0 spiro atoms. The highest BCUT2D eigenvalue weighted by molar-refractivity contribution is 6.00. The number of benzene rings is 1. The van der Waals surface area contributed by atoms with E-state index in [0.717, 1.165) is 56.0 Å². The Hall–Kier alpha value is -2.65. The molecule has 2 amide bonds. The summed E-state index contributed by atoms with van der Waals surface area (Å²) in [5.74, 6) is -0.677. The summed E-state index contributed by atoms with van der Waals surface area (Å²) in [7, 11) is 1.75. The lowest BCUT2D eigenvalue weighted by atomic mass is 10.0. The monoisotopic (exact) mass is 398 g/mol. The molecule has 0 saturated carbocycles. The summed E-state index contributed by atoms with van der Waals surface area (Å²) in [6, 6.07) is 5.77. The van der Waals surface area contributed by atoms with Crippen molar-refractivity contribution in [2.75, 3.05) is 44.2 Å². The van der Waals surface area contributed by atoms with Gasteiger partial charge in [0.25, 0.3) is 0 Å². The molecule has 29 heavy (non-hydrogen) atoms. The van der Waals surface area contributed by atoms with Gasteiger partial charge in [0, 0.05) is 58.8 Å². The molecule has 3 saturated heterocycles. The van der Waals surface area contributed by atoms with Crippen molar-refractivity contribution < 1.29 is 9.59 Å². The number of anilines is 1. The van der Waals surface area contributed by atoms with Crippen LogP contribution in [0.5, 0.6) is 0 Å². The fourth-order valence-electron chi connectivity index (χ4n) is 4.83. The summed E-state index contributed by atoms with van der Waals surface area (Å²) < 4.78 is 3.18. The first kappa shape index (κ1) is 18.4. The summed E-state index contributed by atoms with van der Waals surface area (Å²) in [6.07, 6.45) is 0.597. The predicted molar refractivity (Wildman–Crippen MR) is 109 cm³/mol. The van der Waals surface area contributed by atoms with Gasteiger partial charge < -0.3 is 10.2 Å². The first-order valence-electron chi connectivity index (χ1n) is 10.3. The first-order valence-corrected chi connectivity index (χ1v) is 10.3. The van der Waals surface area contributed by atoms with E-state index in [1.807, 2.05) is 18.2 Å². The second-order valence-corrected chi connectivity index (χ2v) is 8.17. The lowest BCUT2D eigenvalue weighted by Crippen LogP contribution is -2.63. The molecule has 3 aliphatic heterocycles. The van der Waals surface area contributed by atoms with Crippen molar-refractivity contribution in [3.8, 4) is 0 Å². The molecule has 4 heterocycles. The predicted octanol–water partition coefficient (Wildman–Crippen LogP) is -0.588. The topological polar surface area (TPSA) is 91.6 Å². The largest absolute Gasteiger partial charge is 0.367 e. The van der Waals surface area contributed by atoms with Crippen molar-refractivity contribution in [1.29, 1.82) is 0 Å². The molecule has 2 N–H and O–H groups in total. The standard InChI is InChI=1S/C20H26N6O3/c1-23-18-14(25-11-13(12-25)24-9-7-21-8-10-24)3-2-4-15(18)26(20(23)29)16-5-6-17(27)22-19(16)28/h2-4,13,16,21H,5-12H2,1H3,(H,22,27,28)/t16-/m1/s1. The van der Waals surface area contributed by atoms with Crippen LogP contribution in [0.15, 0.2) is 23.0 Å². The third-order valence-electron chi connectivity index (χ3n) is 6.47. The average molecular weight is 398 g/mol. The number of amides is 2. The Kier molecular flexibility index (Phi) is 4.44. The molecule has 9 nitrogen and oxygen atoms in total. The molecule has 154 valence electrons. The number of fused-ring (bicyclic) bond motifs is 1. The second-order valence-electron chi connectivity index (χ2n) is 8.17. The molecular formula is C20H26N6O3. The molecule has 2 aromatic rings. The zero-order valence-electron chi connectivity index (χ0n) is 16.6. The average Bonchev–Trinajstić information content (AvgIpc) is 2.93. The van der Waals surface area contributed by atoms with Crippen LogP contribution >= 0.6 is 0 Å². The molecule has 0 unspecified atom stereocenters. The van der Waals surface area contributed by atoms with E-state index >= 15 is 0 Å². The minimum atomic E-state index is -0.649. The van der Waals surface area contributed by atoms with Gasteiger partial charge in [-0.25, -0.2) is 4.79 Å². The van der Waals surface area contributed by atoms with Crippen LogP contribution in [0.4, 0.5) is 5.69 Å². The third-order valence-corrected chi connectivity index (χ3v) is 6.47. The third kappa shape index (κ3) is 2.96. The van der Waals surface area contributed by atoms with Gasteiger partial charge in [-0.05, 0) is 18.6 Å². The van der Waals surface area contributed by atoms with E-state index in [9.17, 15) is 14.4 Å². The molecule has 3 aliphatic rings. The Labute approximate surface area is 168 Å². The van der Waals surface area contributed by atoms with Crippen LogP contribution in [0.2, 0.25) is 0 Å². The number of hydrogen-bond acceptors (Lipinski definition) is 6. The molecule has 0 bridgehead atoms. The van der Waals surface area contributed by atoms with E-state index in [2.05, 4.69) is 20.4 Å². The van der Waals surface area contributed by atoms with Gasteiger partial charge in [-0.1, -0.05) is 6.07 Å². The number of imidazole rings is 1. The zero-order valence-corrected chi connectivity index (χ0v) is 16.6. The molecule has 0 aliphatic carbocycles. The lowest BCUT2D eigenvalue weighted by Gasteiger charge is -2.48. The van der Waals surface area contributed by atoms with Crippen LogP contribution in [-0.4, -0.2) is 71.2 Å². The minimum Gasteiger partial charge on any atom is -0.367 e. The smallest absolute Gasteiger partial charge is 0.329 e. The highest BCUT2D eigenvalue weighted by atomic mass is 16.2. The Morgan fingerprint density at radius 1 is 1.07 bits per heavy atom. The molecule has 1 aromatic heterocycles. The maximum Gasteiger partial charge on any atom is 0.329 e. The fourth-order valence-corrected chi connectivity index (χ4v) is 4.83. The molecule has 3 fully saturated rings. The minimum absolute atomic E-state index is 0.221. The first-order chi connectivity index (χ1) is 14.0. The molecule has 9 heteroatoms. The summed E-state index contributed by atoms with van der Waals surface area (Å²) in [4.78, 5) is 41.8. The molecule has 0 radical (unpaired) electrons. The van der Waals surface area contributed by atoms with Gasteiger partial charge in [-0.15, -0.1) is 0 Å². The number of nitrogens with zero attached hydrogens (tertiary/aromatic N) is 4. The van der Waals surface area contributed by atoms with Crippen LogP contribution in [0, 0.1) is 0 Å². The Bertz CT molecular complexity index is 1030. The quantitative estimate of drug-likeness (QED) is 0.672. The number of piperidine rings is 1. The summed E-state index contributed by atoms with van der Waals surface area (Å²) in [6.45, 7) is 6.11. The number of rotatable bonds is 3. The fraction of sp³-hybridized carbons (Fsp3) is 0.550. The number of carbonyl (C=O) groups excluding carboxylic acids is 2. The van der Waals surface area contributed by atoms with Crippen LogP contribution in [0.3, 0.4) is 0 Å². The summed E-state index contributed by atoms with van der Waals surface area (Å²) in [5.41, 5.74) is 2.40. The van der Waals surface area contributed by atoms with Crippen molar-refractivity contribution in [2.45, 2.75) is 24.9 Å². The zero-order chi connectivity index (χ0) is 20.1. The number of imide groups is 1. The van der Waals surface area contributed by atoms with Crippen molar-refractivity contribution in [3.63, 3.8) is 0 Å². The normalized spacial score (nSPS) is 24.0. The highest BCUT2D eigenvalue weighted by Crippen LogP contribution is 2.32. The van der Waals surface area contributed by atoms with E-state index in [1.165, 1.54) is 0 Å². The van der Waals surface area contributed by atoms with E-state index in [0.29, 0.717) is 12.5 Å². The summed E-state index contributed by atoms with van der Waals surface area (Å²) in [5, 5.41) is 5.75. The maximum atomic E-state index is 13.0. The van der Waals surface area contributed by atoms with Crippen LogP contribution in [0.1, 0.15) is 18.9 Å². The van der Waals surface area contributed by atoms with E-state index < -0.39 is 11.9 Å². The van der Waals surface area contributed by atoms with Gasteiger partial charge >= 0.3 is 5.69 Å². The van der Waals surface area contributed by atoms with Crippen molar-refractivity contribution in [2.24, 2.45) is 7.05 Å².